The van der Waals surface area contributed by atoms with Gasteiger partial charge in [-0.25, -0.2) is 14.9 Å². The van der Waals surface area contributed by atoms with E-state index in [1.807, 2.05) is 0 Å². The minimum Gasteiger partial charge on any atom is -0.479 e. The molecule has 1 aromatic carbocycles. The Hall–Kier alpha value is -4.20. The molecule has 38 heavy (non-hydrogen) atoms. The van der Waals surface area contributed by atoms with Crippen LogP contribution in [0.25, 0.3) is 11.2 Å². The molecule has 16 heteroatoms. The van der Waals surface area contributed by atoms with Crippen LogP contribution in [0.15, 0.2) is 36.7 Å². The molecule has 0 spiro atoms. The van der Waals surface area contributed by atoms with Gasteiger partial charge in [-0.15, -0.1) is 11.5 Å². The molecular weight excluding hydrogens is 522 g/mol. The number of aromatic amines is 1. The first-order chi connectivity index (χ1) is 18.2. The van der Waals surface area contributed by atoms with Gasteiger partial charge in [0.15, 0.2) is 29.1 Å². The number of halogens is 1. The number of nitrogens with zero attached hydrogens (tertiary/aromatic N) is 7. The largest absolute Gasteiger partial charge is 0.479 e. The second kappa shape index (κ2) is 9.59. The predicted molar refractivity (Wildman–Crippen MR) is 128 cm³/mol. The normalized spacial score (nSPS) is 24.7. The van der Waals surface area contributed by atoms with Crippen molar-refractivity contribution in [1.82, 2.24) is 40.1 Å². The summed E-state index contributed by atoms with van der Waals surface area (Å²) < 4.78 is 13.1. The highest BCUT2D eigenvalue weighted by molar-refractivity contribution is 6.28. The van der Waals surface area contributed by atoms with Gasteiger partial charge in [0.25, 0.3) is 0 Å². The molecule has 0 radical (unpaired) electrons. The summed E-state index contributed by atoms with van der Waals surface area (Å²) in [5.74, 6) is 0.519. The lowest BCUT2D eigenvalue weighted by atomic mass is 9.91. The van der Waals surface area contributed by atoms with Crippen LogP contribution in [-0.4, -0.2) is 85.8 Å². The molecule has 4 aromatic rings. The molecule has 0 saturated carbocycles. The number of tetrazole rings is 1. The molecule has 3 aromatic heterocycles. The van der Waals surface area contributed by atoms with E-state index >= 15 is 0 Å². The number of ether oxygens (including phenoxy) is 2. The van der Waals surface area contributed by atoms with Crippen molar-refractivity contribution in [2.45, 2.75) is 36.1 Å². The number of anilines is 1. The zero-order valence-electron chi connectivity index (χ0n) is 19.3. The monoisotopic (exact) mass is 541 g/mol. The van der Waals surface area contributed by atoms with Gasteiger partial charge >= 0.3 is 5.97 Å². The highest BCUT2D eigenvalue weighted by Gasteiger charge is 2.57. The average Bonchev–Trinajstić information content (AvgIpc) is 3.63. The summed E-state index contributed by atoms with van der Waals surface area (Å²) >= 11 is 5.93. The SMILES string of the molecule is C#C[C@@]1(O)[C@@H](COC(Cc2ccccc2)(C(=O)O)c2nnn[nH]2)O[C@@H](n2cnc3c(N)nc(Cl)nc32)[C@@H]1O. The fourth-order valence-corrected chi connectivity index (χ4v) is 4.46. The Balaban J connectivity index is 1.48. The number of carboxylic acid groups (broad SMARTS) is 1. The summed E-state index contributed by atoms with van der Waals surface area (Å²) in [4.78, 5) is 24.6. The Morgan fingerprint density at radius 3 is 2.79 bits per heavy atom. The van der Waals surface area contributed by atoms with Gasteiger partial charge in [-0.2, -0.15) is 9.97 Å². The van der Waals surface area contributed by atoms with Crippen molar-refractivity contribution >= 4 is 34.6 Å². The van der Waals surface area contributed by atoms with Crippen molar-refractivity contribution < 1.29 is 29.6 Å². The van der Waals surface area contributed by atoms with Gasteiger partial charge in [0.05, 0.1) is 12.9 Å². The maximum absolute atomic E-state index is 12.6. The second-order valence-corrected chi connectivity index (χ2v) is 8.83. The average molecular weight is 542 g/mol. The smallest absolute Gasteiger partial charge is 0.344 e. The number of benzene rings is 1. The Morgan fingerprint density at radius 2 is 2.13 bits per heavy atom. The molecule has 0 aliphatic carbocycles. The molecule has 15 nitrogen and oxygen atoms in total. The lowest BCUT2D eigenvalue weighted by Gasteiger charge is -2.31. The van der Waals surface area contributed by atoms with Crippen LogP contribution < -0.4 is 5.73 Å². The number of aromatic nitrogens is 8. The maximum Gasteiger partial charge on any atom is 0.344 e. The molecule has 6 N–H and O–H groups in total. The topological polar surface area (TPSA) is 220 Å². The number of hydrogen-bond acceptors (Lipinski definition) is 12. The van der Waals surface area contributed by atoms with E-state index in [2.05, 4.69) is 41.5 Å². The lowest BCUT2D eigenvalue weighted by Crippen LogP contribution is -2.51. The zero-order valence-corrected chi connectivity index (χ0v) is 20.1. The summed E-state index contributed by atoms with van der Waals surface area (Å²) in [6.07, 6.45) is 2.23. The number of H-pyrrole nitrogens is 1. The van der Waals surface area contributed by atoms with E-state index in [0.717, 1.165) is 0 Å². The Morgan fingerprint density at radius 1 is 1.37 bits per heavy atom. The third-order valence-electron chi connectivity index (χ3n) is 6.29. The number of hydrogen-bond donors (Lipinski definition) is 5. The van der Waals surface area contributed by atoms with E-state index in [1.165, 1.54) is 10.9 Å². The molecule has 1 fully saturated rings. The first kappa shape index (κ1) is 25.4. The number of fused-ring (bicyclic) bond motifs is 1. The number of nitrogens with one attached hydrogen (secondary N) is 1. The summed E-state index contributed by atoms with van der Waals surface area (Å²) in [6, 6.07) is 8.65. The molecule has 5 atom stereocenters. The molecule has 1 saturated heterocycles. The highest BCUT2D eigenvalue weighted by Crippen LogP contribution is 2.40. The van der Waals surface area contributed by atoms with Crippen LogP contribution in [0.2, 0.25) is 5.28 Å². The number of carboxylic acids is 1. The Kier molecular flexibility index (Phi) is 6.42. The lowest BCUT2D eigenvalue weighted by molar-refractivity contribution is -0.179. The molecule has 1 aliphatic rings. The van der Waals surface area contributed by atoms with Gasteiger partial charge in [0.1, 0.15) is 17.7 Å². The zero-order chi connectivity index (χ0) is 27.1. The fourth-order valence-electron chi connectivity index (χ4n) is 4.29. The number of terminal acetylenes is 1. The van der Waals surface area contributed by atoms with Crippen molar-refractivity contribution in [3.63, 3.8) is 0 Å². The van der Waals surface area contributed by atoms with E-state index < -0.39 is 42.2 Å². The van der Waals surface area contributed by atoms with Crippen LogP contribution in [0.5, 0.6) is 0 Å². The van der Waals surface area contributed by atoms with Gasteiger partial charge < -0.3 is 30.5 Å². The van der Waals surface area contributed by atoms with E-state index in [0.29, 0.717) is 5.56 Å². The molecule has 1 unspecified atom stereocenters. The predicted octanol–water partition coefficient (Wildman–Crippen LogP) is -0.563. The number of aliphatic hydroxyl groups is 2. The van der Waals surface area contributed by atoms with Crippen LogP contribution in [0.1, 0.15) is 17.6 Å². The molecule has 1 aliphatic heterocycles. The molecule has 5 rings (SSSR count). The third-order valence-corrected chi connectivity index (χ3v) is 6.46. The first-order valence-corrected chi connectivity index (χ1v) is 11.4. The van der Waals surface area contributed by atoms with Crippen molar-refractivity contribution in [2.75, 3.05) is 12.3 Å². The Labute approximate surface area is 218 Å². The quantitative estimate of drug-likeness (QED) is 0.139. The maximum atomic E-state index is 12.6. The number of imidazole rings is 1. The number of aliphatic carboxylic acids is 1. The van der Waals surface area contributed by atoms with Crippen LogP contribution in [0, 0.1) is 12.3 Å². The number of rotatable bonds is 8. The van der Waals surface area contributed by atoms with E-state index in [9.17, 15) is 20.1 Å². The highest BCUT2D eigenvalue weighted by atomic mass is 35.5. The number of nitrogens with two attached hydrogens (primary N) is 1. The summed E-state index contributed by atoms with van der Waals surface area (Å²) in [6.45, 7) is -0.585. The molecular formula is C22H20ClN9O6. The van der Waals surface area contributed by atoms with Gasteiger partial charge in [0, 0.05) is 6.42 Å². The van der Waals surface area contributed by atoms with Gasteiger partial charge in [-0.05, 0) is 27.6 Å². The minimum absolute atomic E-state index is 0.00819. The second-order valence-electron chi connectivity index (χ2n) is 8.49. The summed E-state index contributed by atoms with van der Waals surface area (Å²) in [5, 5.41) is 45.5. The van der Waals surface area contributed by atoms with Crippen molar-refractivity contribution in [3.8, 4) is 12.3 Å². The number of aliphatic hydroxyl groups excluding tert-OH is 1. The number of carbonyl (C=O) groups is 1. The fraction of sp³-hybridized carbons (Fsp3) is 0.318. The van der Waals surface area contributed by atoms with Crippen molar-refractivity contribution in [3.05, 3.63) is 53.3 Å². The molecule has 0 bridgehead atoms. The van der Waals surface area contributed by atoms with E-state index in [4.69, 9.17) is 33.2 Å². The summed E-state index contributed by atoms with van der Waals surface area (Å²) in [5.41, 5.74) is 2.32. The molecule has 196 valence electrons. The first-order valence-electron chi connectivity index (χ1n) is 11.0. The van der Waals surface area contributed by atoms with E-state index in [1.54, 1.807) is 30.3 Å². The van der Waals surface area contributed by atoms with E-state index in [-0.39, 0.29) is 34.5 Å². The van der Waals surface area contributed by atoms with Crippen molar-refractivity contribution in [1.29, 1.82) is 0 Å². The van der Waals surface area contributed by atoms with Gasteiger partial charge in [-0.1, -0.05) is 36.3 Å². The minimum atomic E-state index is -2.31. The van der Waals surface area contributed by atoms with Crippen molar-refractivity contribution in [2.24, 2.45) is 0 Å². The van der Waals surface area contributed by atoms with Gasteiger partial charge in [0.2, 0.25) is 10.9 Å². The van der Waals surface area contributed by atoms with Crippen LogP contribution >= 0.6 is 11.6 Å². The van der Waals surface area contributed by atoms with Crippen LogP contribution in [-0.2, 0) is 26.3 Å². The Bertz CT molecular complexity index is 1510. The molecule has 4 heterocycles. The third kappa shape index (κ3) is 4.10. The van der Waals surface area contributed by atoms with Crippen LogP contribution in [0.3, 0.4) is 0 Å². The standard InChI is InChI=1S/C22H20ClN9O6/c1-2-21(36)12(38-17(14(21)33)32-10-25-13-15(24)26-20(23)27-16(13)32)9-37-22(19(34)35,18-28-30-31-29-18)8-11-6-4-3-5-7-11/h1,3-7,10,12,14,17,33,36H,8-9H2,(H,34,35)(H2,24,26,27)(H,28,29,30,31)/t12-,14+,17-,21-,22?/m1/s1. The molecule has 0 amide bonds. The van der Waals surface area contributed by atoms with Crippen LogP contribution in [0.4, 0.5) is 5.82 Å². The summed E-state index contributed by atoms with van der Waals surface area (Å²) in [7, 11) is 0. The van der Waals surface area contributed by atoms with Gasteiger partial charge in [-0.3, -0.25) is 4.57 Å². The number of nitrogen functional groups attached to an aromatic ring is 1.